The van der Waals surface area contributed by atoms with E-state index in [-0.39, 0.29) is 5.82 Å². The molecule has 0 spiro atoms. The highest BCUT2D eigenvalue weighted by molar-refractivity contribution is 5.29. The van der Waals surface area contributed by atoms with Gasteiger partial charge in [-0.25, -0.2) is 4.39 Å². The minimum atomic E-state index is -0.293. The number of benzene rings is 1. The lowest BCUT2D eigenvalue weighted by atomic mass is 10.2. The molecule has 0 unspecified atom stereocenters. The molecule has 1 N–H and O–H groups in total. The number of rotatable bonds is 5. The van der Waals surface area contributed by atoms with Crippen LogP contribution in [-0.4, -0.2) is 13.7 Å². The van der Waals surface area contributed by atoms with Gasteiger partial charge in [0.2, 0.25) is 0 Å². The molecule has 0 aliphatic rings. The fourth-order valence-electron chi connectivity index (χ4n) is 1.24. The van der Waals surface area contributed by atoms with Gasteiger partial charge in [0, 0.05) is 19.0 Å². The number of halogens is 1. The highest BCUT2D eigenvalue weighted by Gasteiger charge is 2.00. The molecule has 1 rings (SSSR count). The van der Waals surface area contributed by atoms with Crippen molar-refractivity contribution in [1.82, 2.24) is 5.32 Å². The standard InChI is InChI=1S/C12H14FNO/c1-3-4-5-15-12-7-10(9-14-2)6-11(13)8-12/h1,6-8,14H,4-5,9H2,2H3. The Bertz CT molecular complexity index is 357. The molecule has 3 heteroatoms. The van der Waals surface area contributed by atoms with Gasteiger partial charge in [-0.3, -0.25) is 0 Å². The van der Waals surface area contributed by atoms with E-state index in [9.17, 15) is 4.39 Å². The van der Waals surface area contributed by atoms with Gasteiger partial charge < -0.3 is 10.1 Å². The van der Waals surface area contributed by atoms with Crippen LogP contribution in [0.15, 0.2) is 18.2 Å². The molecule has 0 aromatic heterocycles. The fraction of sp³-hybridized carbons (Fsp3) is 0.333. The molecule has 0 radical (unpaired) electrons. The smallest absolute Gasteiger partial charge is 0.127 e. The van der Waals surface area contributed by atoms with E-state index in [1.54, 1.807) is 6.07 Å². The predicted molar refractivity (Wildman–Crippen MR) is 58.1 cm³/mol. The monoisotopic (exact) mass is 207 g/mol. The number of nitrogens with one attached hydrogen (secondary N) is 1. The van der Waals surface area contributed by atoms with Crippen LogP contribution in [0.1, 0.15) is 12.0 Å². The summed E-state index contributed by atoms with van der Waals surface area (Å²) < 4.78 is 18.4. The third-order valence-corrected chi connectivity index (χ3v) is 1.83. The lowest BCUT2D eigenvalue weighted by Crippen LogP contribution is -2.06. The second-order valence-electron chi connectivity index (χ2n) is 3.13. The Hall–Kier alpha value is -1.53. The normalized spacial score (nSPS) is 9.67. The van der Waals surface area contributed by atoms with Crippen LogP contribution >= 0.6 is 0 Å². The second kappa shape index (κ2) is 6.05. The van der Waals surface area contributed by atoms with E-state index < -0.39 is 0 Å². The van der Waals surface area contributed by atoms with E-state index in [0.717, 1.165) is 5.56 Å². The van der Waals surface area contributed by atoms with Crippen molar-refractivity contribution in [2.75, 3.05) is 13.7 Å². The van der Waals surface area contributed by atoms with Crippen LogP contribution < -0.4 is 10.1 Å². The van der Waals surface area contributed by atoms with Crippen molar-refractivity contribution in [2.24, 2.45) is 0 Å². The Morgan fingerprint density at radius 1 is 1.47 bits per heavy atom. The van der Waals surface area contributed by atoms with Crippen molar-refractivity contribution in [3.63, 3.8) is 0 Å². The van der Waals surface area contributed by atoms with Gasteiger partial charge in [0.25, 0.3) is 0 Å². The molecule has 0 aliphatic heterocycles. The molecule has 0 amide bonds. The summed E-state index contributed by atoms with van der Waals surface area (Å²) >= 11 is 0. The van der Waals surface area contributed by atoms with Gasteiger partial charge in [-0.2, -0.15) is 0 Å². The third kappa shape index (κ3) is 4.01. The molecule has 1 aromatic carbocycles. The molecule has 0 atom stereocenters. The summed E-state index contributed by atoms with van der Waals surface area (Å²) in [5.41, 5.74) is 0.855. The zero-order valence-electron chi connectivity index (χ0n) is 8.72. The Morgan fingerprint density at radius 2 is 2.27 bits per heavy atom. The SMILES string of the molecule is C#CCCOc1cc(F)cc(CNC)c1. The Morgan fingerprint density at radius 3 is 2.93 bits per heavy atom. The van der Waals surface area contributed by atoms with Gasteiger partial charge in [0.05, 0.1) is 6.61 Å². The van der Waals surface area contributed by atoms with Crippen LogP contribution in [0, 0.1) is 18.2 Å². The first-order valence-corrected chi connectivity index (χ1v) is 4.76. The molecule has 1 aromatic rings. The molecule has 0 aliphatic carbocycles. The minimum absolute atomic E-state index is 0.293. The van der Waals surface area contributed by atoms with Crippen LogP contribution in [-0.2, 0) is 6.54 Å². The van der Waals surface area contributed by atoms with Crippen LogP contribution in [0.25, 0.3) is 0 Å². The molecule has 2 nitrogen and oxygen atoms in total. The first-order chi connectivity index (χ1) is 7.26. The van der Waals surface area contributed by atoms with Crippen LogP contribution in [0.4, 0.5) is 4.39 Å². The molecule has 15 heavy (non-hydrogen) atoms. The second-order valence-corrected chi connectivity index (χ2v) is 3.13. The summed E-state index contributed by atoms with van der Waals surface area (Å²) in [6.45, 7) is 1.03. The van der Waals surface area contributed by atoms with Gasteiger partial charge >= 0.3 is 0 Å². The maximum Gasteiger partial charge on any atom is 0.127 e. The largest absolute Gasteiger partial charge is 0.492 e. The third-order valence-electron chi connectivity index (χ3n) is 1.83. The van der Waals surface area contributed by atoms with Crippen molar-refractivity contribution < 1.29 is 9.13 Å². The average Bonchev–Trinajstić information content (AvgIpc) is 2.18. The summed E-state index contributed by atoms with van der Waals surface area (Å²) in [5.74, 6) is 2.69. The first kappa shape index (κ1) is 11.5. The molecule has 0 saturated heterocycles. The number of terminal acetylenes is 1. The number of ether oxygens (including phenoxy) is 1. The zero-order valence-corrected chi connectivity index (χ0v) is 8.72. The van der Waals surface area contributed by atoms with Crippen molar-refractivity contribution in [3.8, 4) is 18.1 Å². The van der Waals surface area contributed by atoms with E-state index in [4.69, 9.17) is 11.2 Å². The summed E-state index contributed by atoms with van der Waals surface area (Å²) in [5, 5.41) is 2.95. The summed E-state index contributed by atoms with van der Waals surface area (Å²) in [6, 6.07) is 4.64. The highest BCUT2D eigenvalue weighted by atomic mass is 19.1. The molecule has 0 bridgehead atoms. The van der Waals surface area contributed by atoms with Gasteiger partial charge in [-0.15, -0.1) is 12.3 Å². The maximum atomic E-state index is 13.1. The van der Waals surface area contributed by atoms with Gasteiger partial charge in [0.1, 0.15) is 11.6 Å². The average molecular weight is 207 g/mol. The van der Waals surface area contributed by atoms with Crippen LogP contribution in [0.3, 0.4) is 0 Å². The quantitative estimate of drug-likeness (QED) is 0.588. The Balaban J connectivity index is 2.67. The van der Waals surface area contributed by atoms with E-state index in [2.05, 4.69) is 11.2 Å². The summed E-state index contributed by atoms with van der Waals surface area (Å²) in [6.07, 6.45) is 5.61. The van der Waals surface area contributed by atoms with E-state index in [1.807, 2.05) is 7.05 Å². The van der Waals surface area contributed by atoms with Crippen molar-refractivity contribution in [3.05, 3.63) is 29.6 Å². The van der Waals surface area contributed by atoms with E-state index in [1.165, 1.54) is 12.1 Å². The number of hydrogen-bond donors (Lipinski definition) is 1. The topological polar surface area (TPSA) is 21.3 Å². The van der Waals surface area contributed by atoms with Crippen molar-refractivity contribution in [2.45, 2.75) is 13.0 Å². The Kier molecular flexibility index (Phi) is 4.65. The lowest BCUT2D eigenvalue weighted by molar-refractivity contribution is 0.325. The minimum Gasteiger partial charge on any atom is -0.492 e. The summed E-state index contributed by atoms with van der Waals surface area (Å²) in [4.78, 5) is 0. The van der Waals surface area contributed by atoms with Crippen LogP contribution in [0.5, 0.6) is 5.75 Å². The fourth-order valence-corrected chi connectivity index (χ4v) is 1.24. The molecule has 0 saturated carbocycles. The highest BCUT2D eigenvalue weighted by Crippen LogP contribution is 2.16. The number of hydrogen-bond acceptors (Lipinski definition) is 2. The lowest BCUT2D eigenvalue weighted by Gasteiger charge is -2.07. The van der Waals surface area contributed by atoms with Gasteiger partial charge in [0.15, 0.2) is 0 Å². The molecular formula is C12H14FNO. The van der Waals surface area contributed by atoms with Crippen molar-refractivity contribution >= 4 is 0 Å². The molecule has 80 valence electrons. The van der Waals surface area contributed by atoms with Crippen molar-refractivity contribution in [1.29, 1.82) is 0 Å². The molecule has 0 fully saturated rings. The predicted octanol–water partition coefficient (Wildman–Crippen LogP) is 1.95. The maximum absolute atomic E-state index is 13.1. The summed E-state index contributed by atoms with van der Waals surface area (Å²) in [7, 11) is 1.81. The Labute approximate surface area is 89.4 Å². The van der Waals surface area contributed by atoms with Gasteiger partial charge in [-0.05, 0) is 24.7 Å². The van der Waals surface area contributed by atoms with E-state index >= 15 is 0 Å². The van der Waals surface area contributed by atoms with Gasteiger partial charge in [-0.1, -0.05) is 0 Å². The molecule has 0 heterocycles. The first-order valence-electron chi connectivity index (χ1n) is 4.76. The zero-order chi connectivity index (χ0) is 11.1. The molecular weight excluding hydrogens is 193 g/mol. The van der Waals surface area contributed by atoms with E-state index in [0.29, 0.717) is 25.3 Å². The van der Waals surface area contributed by atoms with Crippen LogP contribution in [0.2, 0.25) is 0 Å².